The smallest absolute Gasteiger partial charge is 0.142 e. The highest BCUT2D eigenvalue weighted by molar-refractivity contribution is 6.09. The number of hydrogen-bond donors (Lipinski definition) is 1. The van der Waals surface area contributed by atoms with Crippen LogP contribution in [0.5, 0.6) is 5.75 Å². The van der Waals surface area contributed by atoms with Gasteiger partial charge < -0.3 is 18.8 Å². The highest BCUT2D eigenvalue weighted by Crippen LogP contribution is 2.40. The molecule has 170 valence electrons. The van der Waals surface area contributed by atoms with Gasteiger partial charge >= 0.3 is 0 Å². The minimum atomic E-state index is 0.320. The fraction of sp³-hybridized carbons (Fsp3) is 0.360. The van der Waals surface area contributed by atoms with Gasteiger partial charge in [-0.25, -0.2) is 15.0 Å². The first-order valence-corrected chi connectivity index (χ1v) is 11.1. The highest BCUT2D eigenvalue weighted by atomic mass is 16.5. The Kier molecular flexibility index (Phi) is 4.96. The number of aromatic amines is 1. The maximum atomic E-state index is 5.80. The van der Waals surface area contributed by atoms with Crippen LogP contribution in [0.4, 0.5) is 0 Å². The van der Waals surface area contributed by atoms with E-state index in [0.29, 0.717) is 12.5 Å². The number of methoxy groups -OCH3 is 1. The SMILES string of the molecule is COc1cc2c(cc1-c1c(C)noc1C)[nH]c1nc(C)nc(Cc3nc(C)cn3C(C)C)c12. The quantitative estimate of drug-likeness (QED) is 0.391. The van der Waals surface area contributed by atoms with Crippen LogP contribution in [0.2, 0.25) is 0 Å². The van der Waals surface area contributed by atoms with Crippen LogP contribution in [-0.4, -0.2) is 36.8 Å². The molecular weight excluding hydrogens is 416 g/mol. The Hall–Kier alpha value is -3.68. The van der Waals surface area contributed by atoms with E-state index in [1.165, 1.54) is 0 Å². The number of fused-ring (bicyclic) bond motifs is 3. The van der Waals surface area contributed by atoms with E-state index in [9.17, 15) is 0 Å². The van der Waals surface area contributed by atoms with Gasteiger partial charge in [0, 0.05) is 40.5 Å². The summed E-state index contributed by atoms with van der Waals surface area (Å²) in [5, 5.41) is 6.13. The normalized spacial score (nSPS) is 11.9. The van der Waals surface area contributed by atoms with Crippen LogP contribution in [0.1, 0.15) is 54.4 Å². The van der Waals surface area contributed by atoms with E-state index in [1.54, 1.807) is 7.11 Å². The molecule has 0 saturated carbocycles. The summed E-state index contributed by atoms with van der Waals surface area (Å²) in [6, 6.07) is 4.46. The Morgan fingerprint density at radius 2 is 1.88 bits per heavy atom. The van der Waals surface area contributed by atoms with Crippen LogP contribution < -0.4 is 4.74 Å². The van der Waals surface area contributed by atoms with E-state index in [0.717, 1.165) is 73.3 Å². The number of rotatable bonds is 5. The Bertz CT molecular complexity index is 1490. The average molecular weight is 445 g/mol. The number of benzene rings is 1. The van der Waals surface area contributed by atoms with Crippen molar-refractivity contribution < 1.29 is 9.26 Å². The third-order valence-electron chi connectivity index (χ3n) is 6.07. The number of aromatic nitrogens is 6. The third-order valence-corrected chi connectivity index (χ3v) is 6.07. The van der Waals surface area contributed by atoms with Gasteiger partial charge in [0.1, 0.15) is 28.8 Å². The summed E-state index contributed by atoms with van der Waals surface area (Å²) >= 11 is 0. The molecule has 8 heteroatoms. The number of ether oxygens (including phenoxy) is 1. The largest absolute Gasteiger partial charge is 0.496 e. The number of nitrogens with zero attached hydrogens (tertiary/aromatic N) is 5. The zero-order valence-electron chi connectivity index (χ0n) is 20.1. The zero-order chi connectivity index (χ0) is 23.4. The first-order valence-electron chi connectivity index (χ1n) is 11.1. The summed E-state index contributed by atoms with van der Waals surface area (Å²) in [5.41, 5.74) is 6.44. The Morgan fingerprint density at radius 1 is 1.09 bits per heavy atom. The highest BCUT2D eigenvalue weighted by Gasteiger charge is 2.21. The minimum Gasteiger partial charge on any atom is -0.496 e. The van der Waals surface area contributed by atoms with Gasteiger partial charge in [-0.15, -0.1) is 0 Å². The zero-order valence-corrected chi connectivity index (χ0v) is 20.1. The van der Waals surface area contributed by atoms with E-state index in [2.05, 4.69) is 46.9 Å². The predicted molar refractivity (Wildman–Crippen MR) is 128 cm³/mol. The molecule has 33 heavy (non-hydrogen) atoms. The molecule has 0 aliphatic rings. The second-order valence-corrected chi connectivity index (χ2v) is 8.84. The summed E-state index contributed by atoms with van der Waals surface area (Å²) in [4.78, 5) is 17.8. The van der Waals surface area contributed by atoms with Crippen molar-refractivity contribution >= 4 is 21.9 Å². The second-order valence-electron chi connectivity index (χ2n) is 8.84. The average Bonchev–Trinajstić information content (AvgIpc) is 3.40. The molecule has 0 radical (unpaired) electrons. The van der Waals surface area contributed by atoms with Crippen molar-refractivity contribution in [2.45, 2.75) is 54.0 Å². The molecule has 0 saturated heterocycles. The van der Waals surface area contributed by atoms with Crippen LogP contribution in [0.15, 0.2) is 22.9 Å². The van der Waals surface area contributed by atoms with Crippen LogP contribution in [0.25, 0.3) is 33.1 Å². The van der Waals surface area contributed by atoms with E-state index in [1.807, 2.05) is 27.7 Å². The fourth-order valence-corrected chi connectivity index (χ4v) is 4.68. The molecule has 8 nitrogen and oxygen atoms in total. The van der Waals surface area contributed by atoms with Gasteiger partial charge in [-0.1, -0.05) is 5.16 Å². The van der Waals surface area contributed by atoms with Gasteiger partial charge in [0.05, 0.1) is 29.8 Å². The van der Waals surface area contributed by atoms with E-state index < -0.39 is 0 Å². The summed E-state index contributed by atoms with van der Waals surface area (Å²) < 4.78 is 13.4. The van der Waals surface area contributed by atoms with E-state index in [-0.39, 0.29) is 0 Å². The molecule has 1 N–H and O–H groups in total. The summed E-state index contributed by atoms with van der Waals surface area (Å²) in [7, 11) is 1.68. The van der Waals surface area contributed by atoms with Gasteiger partial charge in [-0.3, -0.25) is 0 Å². The lowest BCUT2D eigenvalue weighted by Crippen LogP contribution is -2.08. The molecule has 4 heterocycles. The van der Waals surface area contributed by atoms with Crippen molar-refractivity contribution in [3.05, 3.63) is 52.8 Å². The minimum absolute atomic E-state index is 0.320. The van der Waals surface area contributed by atoms with E-state index >= 15 is 0 Å². The molecule has 0 bridgehead atoms. The first-order chi connectivity index (χ1) is 15.8. The maximum Gasteiger partial charge on any atom is 0.142 e. The topological polar surface area (TPSA) is 94.7 Å². The van der Waals surface area contributed by atoms with Crippen molar-refractivity contribution in [1.82, 2.24) is 29.7 Å². The van der Waals surface area contributed by atoms with Crippen LogP contribution in [0.3, 0.4) is 0 Å². The third kappa shape index (κ3) is 3.46. The molecule has 5 aromatic rings. The van der Waals surface area contributed by atoms with Gasteiger partial charge in [-0.05, 0) is 53.7 Å². The molecule has 0 spiro atoms. The first kappa shape index (κ1) is 21.2. The van der Waals surface area contributed by atoms with Crippen molar-refractivity contribution in [2.75, 3.05) is 7.11 Å². The van der Waals surface area contributed by atoms with Crippen molar-refractivity contribution in [3.8, 4) is 16.9 Å². The summed E-state index contributed by atoms with van der Waals surface area (Å²) in [6.45, 7) is 12.1. The number of hydrogen-bond acceptors (Lipinski definition) is 6. The lowest BCUT2D eigenvalue weighted by atomic mass is 10.0. The summed E-state index contributed by atoms with van der Waals surface area (Å²) in [5.74, 6) is 3.23. The van der Waals surface area contributed by atoms with Crippen molar-refractivity contribution in [1.29, 1.82) is 0 Å². The van der Waals surface area contributed by atoms with Crippen LogP contribution >= 0.6 is 0 Å². The van der Waals surface area contributed by atoms with Gasteiger partial charge in [0.25, 0.3) is 0 Å². The standard InChI is InChI=1S/C25H28N6O2/c1-12(2)31-11-13(3)26-22(31)10-20-24-17-9-21(32-7)18(23-14(4)30-33-15(23)5)8-19(17)29-25(24)28-16(6)27-20/h8-9,11-12H,10H2,1-7H3,(H,27,28,29). The molecule has 0 fully saturated rings. The molecule has 0 atom stereocenters. The van der Waals surface area contributed by atoms with Crippen molar-refractivity contribution in [2.24, 2.45) is 0 Å². The molecule has 1 aromatic carbocycles. The summed E-state index contributed by atoms with van der Waals surface area (Å²) in [6.07, 6.45) is 2.71. The molecule has 4 aromatic heterocycles. The van der Waals surface area contributed by atoms with E-state index in [4.69, 9.17) is 24.2 Å². The van der Waals surface area contributed by atoms with Gasteiger partial charge in [0.15, 0.2) is 0 Å². The second kappa shape index (κ2) is 7.72. The number of nitrogens with one attached hydrogen (secondary N) is 1. The Balaban J connectivity index is 1.75. The Labute approximate surface area is 192 Å². The molecule has 0 amide bonds. The molecule has 0 aliphatic heterocycles. The number of H-pyrrole nitrogens is 1. The predicted octanol–water partition coefficient (Wildman–Crippen LogP) is 5.38. The molecule has 0 aliphatic carbocycles. The lowest BCUT2D eigenvalue weighted by molar-refractivity contribution is 0.393. The van der Waals surface area contributed by atoms with Crippen LogP contribution in [0, 0.1) is 27.7 Å². The monoisotopic (exact) mass is 444 g/mol. The number of aryl methyl sites for hydroxylation is 4. The molecular formula is C25H28N6O2. The Morgan fingerprint density at radius 3 is 2.55 bits per heavy atom. The molecule has 0 unspecified atom stereocenters. The van der Waals surface area contributed by atoms with Gasteiger partial charge in [-0.2, -0.15) is 0 Å². The van der Waals surface area contributed by atoms with Crippen molar-refractivity contribution in [3.63, 3.8) is 0 Å². The van der Waals surface area contributed by atoms with Crippen LogP contribution in [-0.2, 0) is 6.42 Å². The molecule has 5 rings (SSSR count). The lowest BCUT2D eigenvalue weighted by Gasteiger charge is -2.12. The fourth-order valence-electron chi connectivity index (χ4n) is 4.68. The van der Waals surface area contributed by atoms with Gasteiger partial charge in [0.2, 0.25) is 0 Å². The maximum absolute atomic E-state index is 5.80. The number of imidazole rings is 1.